The van der Waals surface area contributed by atoms with Gasteiger partial charge in [0.2, 0.25) is 11.8 Å². The first kappa shape index (κ1) is 19.1. The van der Waals surface area contributed by atoms with Crippen molar-refractivity contribution in [3.63, 3.8) is 0 Å². The predicted molar refractivity (Wildman–Crippen MR) is 97.6 cm³/mol. The van der Waals surface area contributed by atoms with Crippen LogP contribution in [0.15, 0.2) is 12.4 Å². The molecule has 4 heterocycles. The van der Waals surface area contributed by atoms with E-state index in [-0.39, 0.29) is 42.2 Å². The summed E-state index contributed by atoms with van der Waals surface area (Å²) in [4.78, 5) is 27.4. The van der Waals surface area contributed by atoms with Crippen molar-refractivity contribution in [1.82, 2.24) is 30.5 Å². The summed E-state index contributed by atoms with van der Waals surface area (Å²) in [7, 11) is 0. The molecular weight excluding hydrogens is 356 g/mol. The SMILES string of the molecule is Cl.O=C(NCCCn1ccnn1)[C@H]1[C@@H]2CNC[C@@H](C2)[C@@H]2CCCC(=O)N21. The van der Waals surface area contributed by atoms with Gasteiger partial charge in [-0.25, -0.2) is 0 Å². The van der Waals surface area contributed by atoms with Gasteiger partial charge in [-0.05, 0) is 38.1 Å². The highest BCUT2D eigenvalue weighted by Crippen LogP contribution is 2.39. The molecule has 4 rings (SSSR count). The maximum Gasteiger partial charge on any atom is 0.243 e. The summed E-state index contributed by atoms with van der Waals surface area (Å²) in [6.45, 7) is 3.11. The summed E-state index contributed by atoms with van der Waals surface area (Å²) in [6.07, 6.45) is 7.87. The normalized spacial score (nSPS) is 30.3. The highest BCUT2D eigenvalue weighted by molar-refractivity contribution is 5.89. The molecule has 3 aliphatic rings. The van der Waals surface area contributed by atoms with Crippen LogP contribution in [-0.2, 0) is 16.1 Å². The molecule has 2 bridgehead atoms. The van der Waals surface area contributed by atoms with Crippen molar-refractivity contribution < 1.29 is 9.59 Å². The Morgan fingerprint density at radius 2 is 2.19 bits per heavy atom. The fraction of sp³-hybridized carbons (Fsp3) is 0.765. The monoisotopic (exact) mass is 382 g/mol. The van der Waals surface area contributed by atoms with E-state index in [1.54, 1.807) is 10.9 Å². The highest BCUT2D eigenvalue weighted by Gasteiger charge is 2.50. The second-order valence-electron chi connectivity index (χ2n) is 7.43. The van der Waals surface area contributed by atoms with Crippen molar-refractivity contribution in [1.29, 1.82) is 0 Å². The van der Waals surface area contributed by atoms with Crippen LogP contribution in [0.25, 0.3) is 0 Å². The molecule has 0 spiro atoms. The van der Waals surface area contributed by atoms with Crippen molar-refractivity contribution >= 4 is 24.2 Å². The number of nitrogens with zero attached hydrogens (tertiary/aromatic N) is 4. The number of aromatic nitrogens is 3. The first-order valence-electron chi connectivity index (χ1n) is 9.38. The van der Waals surface area contributed by atoms with E-state index < -0.39 is 0 Å². The average molecular weight is 383 g/mol. The van der Waals surface area contributed by atoms with Crippen molar-refractivity contribution in [3.05, 3.63) is 12.4 Å². The number of hydrogen-bond donors (Lipinski definition) is 2. The third kappa shape index (κ3) is 3.71. The number of piperidine rings is 3. The molecular formula is C17H27ClN6O2. The molecule has 4 atom stereocenters. The van der Waals surface area contributed by atoms with Crippen LogP contribution < -0.4 is 10.6 Å². The molecule has 0 unspecified atom stereocenters. The summed E-state index contributed by atoms with van der Waals surface area (Å²) in [5, 5.41) is 14.2. The average Bonchev–Trinajstić information content (AvgIpc) is 3.13. The Hall–Kier alpha value is -1.67. The standard InChI is InChI=1S/C17H26N6O2.ClH/c24-15-4-1-3-14-12-9-13(11-18-10-12)16(23(14)15)17(25)19-5-2-7-22-8-6-20-21-22;/h6,8,12-14,16,18H,1-5,7,9-11H2,(H,19,25);1H/t12-,13+,14+,16-;/m1./s1. The summed E-state index contributed by atoms with van der Waals surface area (Å²) in [5.74, 6) is 0.897. The van der Waals surface area contributed by atoms with E-state index in [2.05, 4.69) is 20.9 Å². The second-order valence-corrected chi connectivity index (χ2v) is 7.43. The fourth-order valence-electron chi connectivity index (χ4n) is 4.76. The van der Waals surface area contributed by atoms with E-state index in [9.17, 15) is 9.59 Å². The molecule has 3 fully saturated rings. The Morgan fingerprint density at radius 3 is 3.00 bits per heavy atom. The van der Waals surface area contributed by atoms with Gasteiger partial charge < -0.3 is 15.5 Å². The Morgan fingerprint density at radius 1 is 1.35 bits per heavy atom. The van der Waals surface area contributed by atoms with Gasteiger partial charge in [-0.2, -0.15) is 0 Å². The topological polar surface area (TPSA) is 92.1 Å². The molecule has 0 radical (unpaired) electrons. The molecule has 0 saturated carbocycles. The number of carbonyl (C=O) groups excluding carboxylic acids is 2. The van der Waals surface area contributed by atoms with Gasteiger partial charge in [0.1, 0.15) is 6.04 Å². The number of halogens is 1. The lowest BCUT2D eigenvalue weighted by molar-refractivity contribution is -0.157. The van der Waals surface area contributed by atoms with Crippen LogP contribution in [-0.4, -0.2) is 63.4 Å². The van der Waals surface area contributed by atoms with Gasteiger partial charge in [0.15, 0.2) is 0 Å². The molecule has 26 heavy (non-hydrogen) atoms. The van der Waals surface area contributed by atoms with E-state index in [1.165, 1.54) is 0 Å². The van der Waals surface area contributed by atoms with Crippen molar-refractivity contribution in [2.24, 2.45) is 11.8 Å². The molecule has 1 aromatic rings. The molecule has 0 aliphatic carbocycles. The minimum atomic E-state index is -0.312. The Labute approximate surface area is 159 Å². The lowest BCUT2D eigenvalue weighted by Crippen LogP contribution is -2.68. The van der Waals surface area contributed by atoms with Crippen molar-refractivity contribution in [3.8, 4) is 0 Å². The number of rotatable bonds is 5. The fourth-order valence-corrected chi connectivity index (χ4v) is 4.76. The van der Waals surface area contributed by atoms with Gasteiger partial charge in [0.25, 0.3) is 0 Å². The smallest absolute Gasteiger partial charge is 0.243 e. The number of hydrogen-bond acceptors (Lipinski definition) is 5. The first-order valence-corrected chi connectivity index (χ1v) is 9.38. The van der Waals surface area contributed by atoms with Crippen LogP contribution in [0.3, 0.4) is 0 Å². The van der Waals surface area contributed by atoms with E-state index in [4.69, 9.17) is 0 Å². The molecule has 8 nitrogen and oxygen atoms in total. The maximum absolute atomic E-state index is 12.9. The lowest BCUT2D eigenvalue weighted by Gasteiger charge is -2.53. The Kier molecular flexibility index (Phi) is 6.13. The number of nitrogens with one attached hydrogen (secondary N) is 2. The van der Waals surface area contributed by atoms with Crippen LogP contribution >= 0.6 is 12.4 Å². The largest absolute Gasteiger partial charge is 0.354 e. The minimum Gasteiger partial charge on any atom is -0.354 e. The summed E-state index contributed by atoms with van der Waals surface area (Å²) >= 11 is 0. The molecule has 2 amide bonds. The number of carbonyl (C=O) groups is 2. The van der Waals surface area contributed by atoms with E-state index >= 15 is 0 Å². The molecule has 144 valence electrons. The lowest BCUT2D eigenvalue weighted by atomic mass is 9.72. The van der Waals surface area contributed by atoms with Crippen LogP contribution in [0.2, 0.25) is 0 Å². The van der Waals surface area contributed by atoms with Gasteiger partial charge in [-0.1, -0.05) is 5.21 Å². The number of amides is 2. The van der Waals surface area contributed by atoms with Crippen LogP contribution in [0, 0.1) is 11.8 Å². The number of fused-ring (bicyclic) bond motifs is 4. The second kappa shape index (κ2) is 8.35. The van der Waals surface area contributed by atoms with Crippen LogP contribution in [0.1, 0.15) is 32.1 Å². The van der Waals surface area contributed by atoms with Crippen LogP contribution in [0.4, 0.5) is 0 Å². The van der Waals surface area contributed by atoms with E-state index in [0.29, 0.717) is 18.9 Å². The first-order chi connectivity index (χ1) is 12.2. The summed E-state index contributed by atoms with van der Waals surface area (Å²) < 4.78 is 1.76. The van der Waals surface area contributed by atoms with Gasteiger partial charge in [-0.3, -0.25) is 14.3 Å². The summed E-state index contributed by atoms with van der Waals surface area (Å²) in [5.41, 5.74) is 0. The zero-order valence-electron chi connectivity index (χ0n) is 14.8. The molecule has 3 aliphatic heterocycles. The van der Waals surface area contributed by atoms with Gasteiger partial charge in [0, 0.05) is 44.2 Å². The molecule has 9 heteroatoms. The van der Waals surface area contributed by atoms with Gasteiger partial charge >= 0.3 is 0 Å². The molecule has 3 saturated heterocycles. The third-order valence-corrected chi connectivity index (χ3v) is 5.85. The highest BCUT2D eigenvalue weighted by atomic mass is 35.5. The Bertz CT molecular complexity index is 625. The molecule has 1 aromatic heterocycles. The Balaban J connectivity index is 0.00000196. The minimum absolute atomic E-state index is 0. The predicted octanol–water partition coefficient (Wildman–Crippen LogP) is 0.195. The van der Waals surface area contributed by atoms with Crippen LogP contribution in [0.5, 0.6) is 0 Å². The quantitative estimate of drug-likeness (QED) is 0.709. The van der Waals surface area contributed by atoms with Gasteiger partial charge in [0.05, 0.1) is 6.20 Å². The summed E-state index contributed by atoms with van der Waals surface area (Å²) in [6, 6.07) is -0.0792. The maximum atomic E-state index is 12.9. The number of aryl methyl sites for hydroxylation is 1. The van der Waals surface area contributed by atoms with Crippen molar-refractivity contribution in [2.45, 2.75) is 50.7 Å². The van der Waals surface area contributed by atoms with Gasteiger partial charge in [-0.15, -0.1) is 17.5 Å². The third-order valence-electron chi connectivity index (χ3n) is 5.85. The zero-order chi connectivity index (χ0) is 17.2. The van der Waals surface area contributed by atoms with Crippen molar-refractivity contribution in [2.75, 3.05) is 19.6 Å². The van der Waals surface area contributed by atoms with E-state index in [1.807, 2.05) is 11.1 Å². The zero-order valence-corrected chi connectivity index (χ0v) is 15.7. The molecule has 0 aromatic carbocycles. The molecule has 2 N–H and O–H groups in total. The van der Waals surface area contributed by atoms with E-state index in [0.717, 1.165) is 45.3 Å².